The van der Waals surface area contributed by atoms with Crippen LogP contribution in [-0.2, 0) is 11.3 Å². The quantitative estimate of drug-likeness (QED) is 0.751. The highest BCUT2D eigenvalue weighted by molar-refractivity contribution is 9.10. The van der Waals surface area contributed by atoms with Gasteiger partial charge >= 0.3 is 0 Å². The van der Waals surface area contributed by atoms with Gasteiger partial charge in [0, 0.05) is 10.0 Å². The number of nitrogens with zero attached hydrogens (tertiary/aromatic N) is 1. The number of hydrogen-bond donors (Lipinski definition) is 2. The molecular weight excluding hydrogens is 358 g/mol. The Bertz CT molecular complexity index is 598. The number of carbonyl (C=O) groups excluding carboxylic acids is 1. The second-order valence-electron chi connectivity index (χ2n) is 6.28. The Balaban J connectivity index is 2.70. The van der Waals surface area contributed by atoms with Gasteiger partial charge in [-0.15, -0.1) is 0 Å². The molecule has 23 heavy (non-hydrogen) atoms. The molecule has 0 aliphatic carbocycles. The van der Waals surface area contributed by atoms with E-state index in [0.29, 0.717) is 13.1 Å². The summed E-state index contributed by atoms with van der Waals surface area (Å²) < 4.78 is 6.33. The van der Waals surface area contributed by atoms with E-state index in [-0.39, 0.29) is 11.8 Å². The highest BCUT2D eigenvalue weighted by atomic mass is 79.9. The number of benzene rings is 1. The Labute approximate surface area is 146 Å². The average Bonchev–Trinajstić information content (AvgIpc) is 2.46. The molecule has 6 heteroatoms. The molecule has 0 aromatic heterocycles. The summed E-state index contributed by atoms with van der Waals surface area (Å²) in [6.45, 7) is 6.54. The zero-order valence-electron chi connectivity index (χ0n) is 14.4. The minimum absolute atomic E-state index is 0.0435. The molecule has 1 aromatic rings. The number of nitriles is 1. The number of ether oxygens (including phenoxy) is 1. The Morgan fingerprint density at radius 1 is 1.52 bits per heavy atom. The lowest BCUT2D eigenvalue weighted by atomic mass is 9.90. The summed E-state index contributed by atoms with van der Waals surface area (Å²) >= 11 is 3.45. The standard InChI is InChI=1S/C17H24BrN3O2/c1-12(2)17(3,11-19)20-16(22)10-21(4)9-13-8-14(18)6-7-15(13)23-5/h6-8,12H,9-10H2,1-5H3,(H,20,22)/p+1/t17-/m0/s1. The Morgan fingerprint density at radius 3 is 2.70 bits per heavy atom. The number of hydrogen-bond acceptors (Lipinski definition) is 3. The van der Waals surface area contributed by atoms with Gasteiger partial charge in [-0.1, -0.05) is 29.8 Å². The number of methoxy groups -OCH3 is 1. The number of quaternary nitrogens is 1. The number of halogens is 1. The van der Waals surface area contributed by atoms with Crippen LogP contribution in [0.2, 0.25) is 0 Å². The van der Waals surface area contributed by atoms with Crippen LogP contribution in [0.25, 0.3) is 0 Å². The number of carbonyl (C=O) groups is 1. The number of likely N-dealkylation sites (N-methyl/N-ethyl adjacent to an activating group) is 1. The van der Waals surface area contributed by atoms with Crippen molar-refractivity contribution >= 4 is 21.8 Å². The normalized spacial score (nSPS) is 14.7. The van der Waals surface area contributed by atoms with Gasteiger partial charge in [0.2, 0.25) is 0 Å². The molecule has 2 atom stereocenters. The average molecular weight is 383 g/mol. The van der Waals surface area contributed by atoms with E-state index in [9.17, 15) is 10.1 Å². The molecule has 5 nitrogen and oxygen atoms in total. The predicted octanol–water partition coefficient (Wildman–Crippen LogP) is 1.53. The molecular formula is C17H25BrN3O2+. The molecule has 0 spiro atoms. The first-order valence-electron chi connectivity index (χ1n) is 7.57. The van der Waals surface area contributed by atoms with Crippen LogP contribution in [0.15, 0.2) is 22.7 Å². The Kier molecular flexibility index (Phi) is 7.04. The fraction of sp³-hybridized carbons (Fsp3) is 0.529. The first-order chi connectivity index (χ1) is 10.7. The van der Waals surface area contributed by atoms with Crippen molar-refractivity contribution in [3.05, 3.63) is 28.2 Å². The molecule has 126 valence electrons. The summed E-state index contributed by atoms with van der Waals surface area (Å²) in [5, 5.41) is 12.1. The van der Waals surface area contributed by atoms with Crippen LogP contribution >= 0.6 is 15.9 Å². The summed E-state index contributed by atoms with van der Waals surface area (Å²) in [5.74, 6) is 0.716. The van der Waals surface area contributed by atoms with Crippen LogP contribution in [0.5, 0.6) is 5.75 Å². The lowest BCUT2D eigenvalue weighted by molar-refractivity contribution is -0.885. The third-order valence-corrected chi connectivity index (χ3v) is 4.48. The van der Waals surface area contributed by atoms with Gasteiger partial charge in [-0.3, -0.25) is 4.79 Å². The molecule has 0 aliphatic rings. The molecule has 0 aliphatic heterocycles. The van der Waals surface area contributed by atoms with Crippen molar-refractivity contribution in [2.75, 3.05) is 20.7 Å². The van der Waals surface area contributed by atoms with E-state index >= 15 is 0 Å². The van der Waals surface area contributed by atoms with Gasteiger partial charge < -0.3 is 15.0 Å². The van der Waals surface area contributed by atoms with Gasteiger partial charge in [-0.2, -0.15) is 5.26 Å². The van der Waals surface area contributed by atoms with E-state index in [1.807, 2.05) is 39.1 Å². The second-order valence-corrected chi connectivity index (χ2v) is 7.20. The van der Waals surface area contributed by atoms with E-state index in [1.165, 1.54) is 0 Å². The van der Waals surface area contributed by atoms with Gasteiger partial charge in [-0.05, 0) is 31.0 Å². The highest BCUT2D eigenvalue weighted by Gasteiger charge is 2.30. The van der Waals surface area contributed by atoms with Crippen LogP contribution in [0.4, 0.5) is 0 Å². The largest absolute Gasteiger partial charge is 0.496 e. The highest BCUT2D eigenvalue weighted by Crippen LogP contribution is 2.22. The first kappa shape index (κ1) is 19.5. The number of amides is 1. The fourth-order valence-corrected chi connectivity index (χ4v) is 2.59. The molecule has 1 amide bonds. The van der Waals surface area contributed by atoms with Crippen LogP contribution in [0, 0.1) is 17.2 Å². The third-order valence-electron chi connectivity index (χ3n) is 3.98. The third kappa shape index (κ3) is 5.52. The molecule has 1 rings (SSSR count). The molecule has 0 saturated carbocycles. The maximum Gasteiger partial charge on any atom is 0.276 e. The molecule has 0 saturated heterocycles. The predicted molar refractivity (Wildman–Crippen MR) is 93.2 cm³/mol. The van der Waals surface area contributed by atoms with Crippen molar-refractivity contribution < 1.29 is 14.4 Å². The summed E-state index contributed by atoms with van der Waals surface area (Å²) in [5.41, 5.74) is 0.184. The van der Waals surface area contributed by atoms with Crippen LogP contribution < -0.4 is 15.0 Å². The van der Waals surface area contributed by atoms with Crippen molar-refractivity contribution in [3.8, 4) is 11.8 Å². The van der Waals surface area contributed by atoms with Crippen LogP contribution in [0.1, 0.15) is 26.3 Å². The first-order valence-corrected chi connectivity index (χ1v) is 8.37. The van der Waals surface area contributed by atoms with Gasteiger partial charge in [0.25, 0.3) is 5.91 Å². The van der Waals surface area contributed by atoms with Crippen molar-refractivity contribution in [2.45, 2.75) is 32.9 Å². The zero-order valence-corrected chi connectivity index (χ0v) is 16.0. The SMILES string of the molecule is COc1ccc(Br)cc1C[NH+](C)CC(=O)N[C@@](C)(C#N)C(C)C. The summed E-state index contributed by atoms with van der Waals surface area (Å²) in [6, 6.07) is 8.01. The molecule has 2 N–H and O–H groups in total. The van der Waals surface area contributed by atoms with Crippen molar-refractivity contribution in [2.24, 2.45) is 5.92 Å². The van der Waals surface area contributed by atoms with Crippen LogP contribution in [0.3, 0.4) is 0 Å². The van der Waals surface area contributed by atoms with E-state index in [0.717, 1.165) is 20.7 Å². The smallest absolute Gasteiger partial charge is 0.276 e. The minimum atomic E-state index is -0.842. The molecule has 0 heterocycles. The fourth-order valence-electron chi connectivity index (χ4n) is 2.18. The summed E-state index contributed by atoms with van der Waals surface area (Å²) in [7, 11) is 3.58. The van der Waals surface area contributed by atoms with Gasteiger partial charge in [0.05, 0.1) is 20.2 Å². The monoisotopic (exact) mass is 382 g/mol. The number of rotatable bonds is 7. The lowest BCUT2D eigenvalue weighted by Crippen LogP contribution is -3.09. The van der Waals surface area contributed by atoms with Crippen molar-refractivity contribution in [1.29, 1.82) is 5.26 Å². The molecule has 1 aromatic carbocycles. The maximum absolute atomic E-state index is 12.2. The van der Waals surface area contributed by atoms with E-state index in [4.69, 9.17) is 4.74 Å². The molecule has 1 unspecified atom stereocenters. The zero-order chi connectivity index (χ0) is 17.6. The number of nitrogens with one attached hydrogen (secondary N) is 2. The Morgan fingerprint density at radius 2 is 2.17 bits per heavy atom. The molecule has 0 bridgehead atoms. The molecule has 0 radical (unpaired) electrons. The van der Waals surface area contributed by atoms with Gasteiger partial charge in [-0.25, -0.2) is 0 Å². The Hall–Kier alpha value is -1.58. The van der Waals surface area contributed by atoms with E-state index < -0.39 is 5.54 Å². The second kappa shape index (κ2) is 8.32. The maximum atomic E-state index is 12.2. The van der Waals surface area contributed by atoms with Gasteiger partial charge in [0.1, 0.15) is 17.8 Å². The summed E-state index contributed by atoms with van der Waals surface area (Å²) in [6.07, 6.45) is 0. The minimum Gasteiger partial charge on any atom is -0.496 e. The van der Waals surface area contributed by atoms with Crippen LogP contribution in [-0.4, -0.2) is 32.1 Å². The van der Waals surface area contributed by atoms with Gasteiger partial charge in [0.15, 0.2) is 6.54 Å². The van der Waals surface area contributed by atoms with E-state index in [2.05, 4.69) is 27.3 Å². The van der Waals surface area contributed by atoms with Crippen molar-refractivity contribution in [1.82, 2.24) is 5.32 Å². The van der Waals surface area contributed by atoms with E-state index in [1.54, 1.807) is 14.0 Å². The molecule has 0 fully saturated rings. The topological polar surface area (TPSA) is 66.6 Å². The van der Waals surface area contributed by atoms with Crippen molar-refractivity contribution in [3.63, 3.8) is 0 Å². The summed E-state index contributed by atoms with van der Waals surface area (Å²) in [4.78, 5) is 13.2. The lowest BCUT2D eigenvalue weighted by Gasteiger charge is -2.27.